The standard InChI is InChI=1S/C27H31N7/c1-16-13-19-18(9-11-30-25(19)31-16)26-32-22-15-28-14-20(17-5-2-6-17)24(22)27(33-26)34-12-4-7-21-23(34)8-3-10-29-21/h9,11,13-15,17,21,23,29H,2-8,10,12H2,1H3,(H,30,31). The van der Waals surface area contributed by atoms with E-state index in [2.05, 4.69) is 44.4 Å². The summed E-state index contributed by atoms with van der Waals surface area (Å²) >= 11 is 0. The fourth-order valence-corrected chi connectivity index (χ4v) is 6.31. The normalized spacial score (nSPS) is 23.3. The maximum Gasteiger partial charge on any atom is 0.163 e. The number of anilines is 1. The molecular formula is C27H31N7. The highest BCUT2D eigenvalue weighted by Gasteiger charge is 2.36. The van der Waals surface area contributed by atoms with Gasteiger partial charge in [0.25, 0.3) is 0 Å². The van der Waals surface area contributed by atoms with E-state index in [-0.39, 0.29) is 0 Å². The fraction of sp³-hybridized carbons (Fsp3) is 0.481. The molecule has 0 spiro atoms. The molecule has 2 N–H and O–H groups in total. The van der Waals surface area contributed by atoms with E-state index in [0.29, 0.717) is 18.0 Å². The second kappa shape index (κ2) is 8.01. The van der Waals surface area contributed by atoms with Crippen LogP contribution in [-0.2, 0) is 0 Å². The van der Waals surface area contributed by atoms with Crippen molar-refractivity contribution in [3.8, 4) is 11.4 Å². The molecule has 174 valence electrons. The van der Waals surface area contributed by atoms with Gasteiger partial charge in [0.1, 0.15) is 11.5 Å². The molecule has 3 aliphatic rings. The van der Waals surface area contributed by atoms with E-state index in [9.17, 15) is 0 Å². The summed E-state index contributed by atoms with van der Waals surface area (Å²) in [4.78, 5) is 25.6. The van der Waals surface area contributed by atoms with Crippen molar-refractivity contribution in [1.29, 1.82) is 0 Å². The molecule has 34 heavy (non-hydrogen) atoms. The molecule has 6 heterocycles. The Hall–Kier alpha value is -3.06. The van der Waals surface area contributed by atoms with Gasteiger partial charge in [0, 0.05) is 53.1 Å². The molecule has 7 nitrogen and oxygen atoms in total. The molecule has 7 heteroatoms. The van der Waals surface area contributed by atoms with Crippen LogP contribution in [0.1, 0.15) is 62.1 Å². The smallest absolute Gasteiger partial charge is 0.163 e. The molecule has 0 aromatic carbocycles. The second-order valence-electron chi connectivity index (χ2n) is 10.3. The van der Waals surface area contributed by atoms with E-state index < -0.39 is 0 Å². The van der Waals surface area contributed by atoms with Gasteiger partial charge >= 0.3 is 0 Å². The van der Waals surface area contributed by atoms with Crippen LogP contribution in [0.5, 0.6) is 0 Å². The van der Waals surface area contributed by atoms with Crippen LogP contribution in [0.4, 0.5) is 5.82 Å². The van der Waals surface area contributed by atoms with Crippen molar-refractivity contribution >= 4 is 27.8 Å². The van der Waals surface area contributed by atoms with Crippen molar-refractivity contribution in [2.45, 2.75) is 69.9 Å². The number of hydrogen-bond donors (Lipinski definition) is 2. The van der Waals surface area contributed by atoms with Gasteiger partial charge in [-0.15, -0.1) is 0 Å². The summed E-state index contributed by atoms with van der Waals surface area (Å²) in [6.07, 6.45) is 14.5. The van der Waals surface area contributed by atoms with Crippen molar-refractivity contribution in [2.24, 2.45) is 0 Å². The third-order valence-electron chi connectivity index (χ3n) is 8.20. The molecule has 2 aliphatic heterocycles. The maximum absolute atomic E-state index is 5.36. The summed E-state index contributed by atoms with van der Waals surface area (Å²) in [6, 6.07) is 5.23. The zero-order valence-corrected chi connectivity index (χ0v) is 19.7. The van der Waals surface area contributed by atoms with E-state index in [1.807, 2.05) is 18.5 Å². The zero-order valence-electron chi connectivity index (χ0n) is 19.7. The molecule has 0 amide bonds. The van der Waals surface area contributed by atoms with Crippen molar-refractivity contribution < 1.29 is 0 Å². The van der Waals surface area contributed by atoms with Crippen LogP contribution in [0.25, 0.3) is 33.3 Å². The number of pyridine rings is 2. The summed E-state index contributed by atoms with van der Waals surface area (Å²) in [6.45, 7) is 4.25. The first-order valence-corrected chi connectivity index (χ1v) is 12.9. The number of piperidine rings is 2. The van der Waals surface area contributed by atoms with Gasteiger partial charge in [0.2, 0.25) is 0 Å². The molecule has 4 aromatic rings. The number of nitrogens with one attached hydrogen (secondary N) is 2. The van der Waals surface area contributed by atoms with Gasteiger partial charge in [-0.1, -0.05) is 6.42 Å². The number of aromatic nitrogens is 5. The van der Waals surface area contributed by atoms with Gasteiger partial charge in [-0.3, -0.25) is 4.98 Å². The summed E-state index contributed by atoms with van der Waals surface area (Å²) in [5, 5.41) is 6.09. The average molecular weight is 454 g/mol. The van der Waals surface area contributed by atoms with Crippen LogP contribution in [0.15, 0.2) is 30.7 Å². The number of nitrogens with zero attached hydrogens (tertiary/aromatic N) is 5. The molecule has 7 rings (SSSR count). The highest BCUT2D eigenvalue weighted by Crippen LogP contribution is 2.43. The van der Waals surface area contributed by atoms with Crippen molar-refractivity contribution in [3.05, 3.63) is 42.0 Å². The minimum Gasteiger partial charge on any atom is -0.351 e. The third kappa shape index (κ3) is 3.21. The molecule has 2 atom stereocenters. The number of hydrogen-bond acceptors (Lipinski definition) is 6. The molecule has 2 saturated heterocycles. The van der Waals surface area contributed by atoms with E-state index in [0.717, 1.165) is 52.5 Å². The van der Waals surface area contributed by atoms with E-state index in [1.54, 1.807) is 0 Å². The number of fused-ring (bicyclic) bond motifs is 3. The van der Waals surface area contributed by atoms with Gasteiger partial charge in [0.15, 0.2) is 5.82 Å². The number of H-pyrrole nitrogens is 1. The Morgan fingerprint density at radius 3 is 2.85 bits per heavy atom. The summed E-state index contributed by atoms with van der Waals surface area (Å²) < 4.78 is 0. The van der Waals surface area contributed by atoms with Gasteiger partial charge in [0.05, 0.1) is 11.7 Å². The van der Waals surface area contributed by atoms with Gasteiger partial charge in [-0.25, -0.2) is 15.0 Å². The first-order valence-electron chi connectivity index (χ1n) is 12.9. The zero-order chi connectivity index (χ0) is 22.6. The monoisotopic (exact) mass is 453 g/mol. The molecule has 1 aliphatic carbocycles. The summed E-state index contributed by atoms with van der Waals surface area (Å²) in [7, 11) is 0. The Morgan fingerprint density at radius 1 is 1.03 bits per heavy atom. The molecule has 4 aromatic heterocycles. The lowest BCUT2D eigenvalue weighted by atomic mass is 9.79. The van der Waals surface area contributed by atoms with Crippen LogP contribution in [-0.4, -0.2) is 50.1 Å². The SMILES string of the molecule is Cc1cc2c(-c3nc(N4CCCC5NCCCC54)c4c(C5CCC5)cncc4n3)ccnc2[nH]1. The average Bonchev–Trinajstić information content (AvgIpc) is 3.22. The van der Waals surface area contributed by atoms with Crippen LogP contribution in [0.2, 0.25) is 0 Å². The molecule has 1 saturated carbocycles. The molecule has 2 unspecified atom stereocenters. The largest absolute Gasteiger partial charge is 0.351 e. The topological polar surface area (TPSA) is 82.6 Å². The predicted molar refractivity (Wildman–Crippen MR) is 135 cm³/mol. The number of aromatic amines is 1. The molecule has 0 bridgehead atoms. The van der Waals surface area contributed by atoms with Gasteiger partial charge < -0.3 is 15.2 Å². The molecule has 0 radical (unpaired) electrons. The maximum atomic E-state index is 5.36. The lowest BCUT2D eigenvalue weighted by Crippen LogP contribution is -2.57. The lowest BCUT2D eigenvalue weighted by molar-refractivity contribution is 0.283. The first kappa shape index (κ1) is 20.3. The quantitative estimate of drug-likeness (QED) is 0.461. The Bertz CT molecular complexity index is 1370. The van der Waals surface area contributed by atoms with E-state index >= 15 is 0 Å². The summed E-state index contributed by atoms with van der Waals surface area (Å²) in [5.74, 6) is 2.46. The number of aryl methyl sites for hydroxylation is 1. The Morgan fingerprint density at radius 2 is 1.97 bits per heavy atom. The van der Waals surface area contributed by atoms with Crippen molar-refractivity contribution in [2.75, 3.05) is 18.0 Å². The minimum absolute atomic E-state index is 0.489. The second-order valence-corrected chi connectivity index (χ2v) is 10.3. The predicted octanol–water partition coefficient (Wildman–Crippen LogP) is 4.86. The van der Waals surface area contributed by atoms with E-state index in [1.165, 1.54) is 55.9 Å². The summed E-state index contributed by atoms with van der Waals surface area (Å²) in [5.41, 5.74) is 5.32. The van der Waals surface area contributed by atoms with Crippen LogP contribution >= 0.6 is 0 Å². The third-order valence-corrected chi connectivity index (χ3v) is 8.20. The van der Waals surface area contributed by atoms with Crippen LogP contribution < -0.4 is 10.2 Å². The van der Waals surface area contributed by atoms with Crippen molar-refractivity contribution in [3.63, 3.8) is 0 Å². The lowest BCUT2D eigenvalue weighted by Gasteiger charge is -2.45. The Labute approximate surface area is 199 Å². The molecular weight excluding hydrogens is 422 g/mol. The van der Waals surface area contributed by atoms with Crippen LogP contribution in [0, 0.1) is 6.92 Å². The van der Waals surface area contributed by atoms with Gasteiger partial charge in [-0.2, -0.15) is 0 Å². The highest BCUT2D eigenvalue weighted by molar-refractivity contribution is 5.97. The first-order chi connectivity index (χ1) is 16.8. The minimum atomic E-state index is 0.489. The van der Waals surface area contributed by atoms with Crippen LogP contribution in [0.3, 0.4) is 0 Å². The highest BCUT2D eigenvalue weighted by atomic mass is 15.3. The molecule has 3 fully saturated rings. The van der Waals surface area contributed by atoms with Gasteiger partial charge in [-0.05, 0) is 75.6 Å². The fourth-order valence-electron chi connectivity index (χ4n) is 6.31. The number of rotatable bonds is 3. The Kier molecular flexibility index (Phi) is 4.79. The van der Waals surface area contributed by atoms with Crippen molar-refractivity contribution in [1.82, 2.24) is 30.2 Å². The Balaban J connectivity index is 1.47. The van der Waals surface area contributed by atoms with E-state index in [4.69, 9.17) is 9.97 Å².